The molecule has 1 aliphatic heterocycles. The van der Waals surface area contributed by atoms with Gasteiger partial charge in [-0.3, -0.25) is 9.59 Å². The molecule has 0 unspecified atom stereocenters. The van der Waals surface area contributed by atoms with Gasteiger partial charge in [0, 0.05) is 55.6 Å². The number of benzene rings is 2. The molecule has 36 heavy (non-hydrogen) atoms. The van der Waals surface area contributed by atoms with E-state index in [9.17, 15) is 9.59 Å². The summed E-state index contributed by atoms with van der Waals surface area (Å²) >= 11 is 0. The van der Waals surface area contributed by atoms with Gasteiger partial charge in [0.05, 0.1) is 5.69 Å². The molecule has 1 amide bonds. The van der Waals surface area contributed by atoms with Gasteiger partial charge in [-0.1, -0.05) is 60.7 Å². The van der Waals surface area contributed by atoms with Crippen LogP contribution in [0.1, 0.15) is 23.0 Å². The molecule has 4 aromatic rings. The molecule has 5 rings (SSSR count). The molecule has 0 spiro atoms. The highest BCUT2D eigenvalue weighted by Crippen LogP contribution is 2.32. The quantitative estimate of drug-likeness (QED) is 0.434. The van der Waals surface area contributed by atoms with Crippen molar-refractivity contribution in [3.8, 4) is 22.4 Å². The first-order valence-electron chi connectivity index (χ1n) is 12.2. The third kappa shape index (κ3) is 4.49. The fourth-order valence-corrected chi connectivity index (χ4v) is 4.58. The lowest BCUT2D eigenvalue weighted by Gasteiger charge is -2.35. The molecule has 1 saturated heterocycles. The summed E-state index contributed by atoms with van der Waals surface area (Å²) in [7, 11) is 0. The zero-order valence-electron chi connectivity index (χ0n) is 20.5. The molecule has 0 bridgehead atoms. The van der Waals surface area contributed by atoms with Crippen LogP contribution in [0.2, 0.25) is 0 Å². The highest BCUT2D eigenvalue weighted by atomic mass is 16.2. The second-order valence-corrected chi connectivity index (χ2v) is 8.75. The lowest BCUT2D eigenvalue weighted by molar-refractivity contribution is 0.0744. The summed E-state index contributed by atoms with van der Waals surface area (Å²) in [6.07, 6.45) is 1.56. The monoisotopic (exact) mass is 480 g/mol. The van der Waals surface area contributed by atoms with Gasteiger partial charge < -0.3 is 9.80 Å². The van der Waals surface area contributed by atoms with Crippen LogP contribution in [0.3, 0.4) is 0 Å². The maximum Gasteiger partial charge on any atom is 0.280 e. The van der Waals surface area contributed by atoms with E-state index in [1.54, 1.807) is 11.2 Å². The average molecular weight is 481 g/mol. The van der Waals surface area contributed by atoms with Crippen LogP contribution in [-0.4, -0.2) is 56.7 Å². The first-order chi connectivity index (χ1) is 17.6. The Morgan fingerprint density at radius 1 is 0.889 bits per heavy atom. The topological polar surface area (TPSA) is 84.2 Å². The van der Waals surface area contributed by atoms with Crippen LogP contribution in [0.4, 0.5) is 5.82 Å². The van der Waals surface area contributed by atoms with Crippen molar-refractivity contribution in [2.24, 2.45) is 0 Å². The predicted octanol–water partition coefficient (Wildman–Crippen LogP) is 3.66. The minimum atomic E-state index is -0.366. The number of aromatic nitrogens is 4. The van der Waals surface area contributed by atoms with Gasteiger partial charge in [0.25, 0.3) is 11.5 Å². The molecular formula is C28H28N6O2. The predicted molar refractivity (Wildman–Crippen MR) is 140 cm³/mol. The molecule has 2 aromatic heterocycles. The van der Waals surface area contributed by atoms with Crippen molar-refractivity contribution in [2.45, 2.75) is 20.4 Å². The summed E-state index contributed by atoms with van der Waals surface area (Å²) in [5.74, 6) is 0.585. The van der Waals surface area contributed by atoms with E-state index in [1.165, 1.54) is 4.68 Å². The average Bonchev–Trinajstić information content (AvgIpc) is 2.93. The molecule has 182 valence electrons. The first-order valence-corrected chi connectivity index (χ1v) is 12.2. The molecule has 8 heteroatoms. The minimum Gasteiger partial charge on any atom is -0.353 e. The molecule has 3 heterocycles. The lowest BCUT2D eigenvalue weighted by atomic mass is 9.94. The van der Waals surface area contributed by atoms with Crippen molar-refractivity contribution in [3.63, 3.8) is 0 Å². The van der Waals surface area contributed by atoms with Crippen molar-refractivity contribution in [1.29, 1.82) is 0 Å². The number of hydrogen-bond donors (Lipinski definition) is 0. The fraction of sp³-hybridized carbons (Fsp3) is 0.250. The SMILES string of the molecule is CCn1nc(-c2ccccc2)c(-c2ccccc2)c(C(=O)N2CCN(c3cc(C)ncn3)CC2)c1=O. The van der Waals surface area contributed by atoms with Gasteiger partial charge in [0.1, 0.15) is 17.7 Å². The third-order valence-electron chi connectivity index (χ3n) is 6.46. The molecule has 0 N–H and O–H groups in total. The Kier molecular flexibility index (Phi) is 6.58. The zero-order valence-corrected chi connectivity index (χ0v) is 20.5. The number of amides is 1. The van der Waals surface area contributed by atoms with Crippen molar-refractivity contribution in [1.82, 2.24) is 24.6 Å². The first kappa shape index (κ1) is 23.4. The summed E-state index contributed by atoms with van der Waals surface area (Å²) in [4.78, 5) is 40.1. The number of rotatable bonds is 5. The van der Waals surface area contributed by atoms with E-state index < -0.39 is 0 Å². The Balaban J connectivity index is 1.57. The van der Waals surface area contributed by atoms with E-state index in [4.69, 9.17) is 5.10 Å². The Hall–Kier alpha value is -4.33. The van der Waals surface area contributed by atoms with E-state index in [2.05, 4.69) is 14.9 Å². The summed E-state index contributed by atoms with van der Waals surface area (Å²) in [6, 6.07) is 21.2. The van der Waals surface area contributed by atoms with Gasteiger partial charge in [-0.05, 0) is 19.4 Å². The molecule has 1 fully saturated rings. The number of carbonyl (C=O) groups excluding carboxylic acids is 1. The van der Waals surface area contributed by atoms with Crippen LogP contribution >= 0.6 is 0 Å². The molecular weight excluding hydrogens is 452 g/mol. The largest absolute Gasteiger partial charge is 0.353 e. The maximum absolute atomic E-state index is 14.0. The van der Waals surface area contributed by atoms with Crippen LogP contribution < -0.4 is 10.5 Å². The fourth-order valence-electron chi connectivity index (χ4n) is 4.58. The van der Waals surface area contributed by atoms with Crippen LogP contribution in [0.15, 0.2) is 77.9 Å². The highest BCUT2D eigenvalue weighted by molar-refractivity contribution is 6.03. The highest BCUT2D eigenvalue weighted by Gasteiger charge is 2.30. The van der Waals surface area contributed by atoms with Gasteiger partial charge in [0.15, 0.2) is 0 Å². The molecule has 1 aliphatic rings. The summed E-state index contributed by atoms with van der Waals surface area (Å²) in [6.45, 7) is 6.40. The standard InChI is InChI=1S/C28H28N6O2/c1-3-34-28(36)25(27(35)33-16-14-32(15-17-33)23-18-20(2)29-19-30-23)24(21-10-6-4-7-11-21)26(31-34)22-12-8-5-9-13-22/h4-13,18-19H,3,14-17H2,1-2H3. The lowest BCUT2D eigenvalue weighted by Crippen LogP contribution is -2.50. The van der Waals surface area contributed by atoms with Crippen molar-refractivity contribution in [2.75, 3.05) is 31.1 Å². The Labute approximate surface area is 209 Å². The van der Waals surface area contributed by atoms with E-state index in [1.807, 2.05) is 80.6 Å². The van der Waals surface area contributed by atoms with Gasteiger partial charge in [0.2, 0.25) is 0 Å². The minimum absolute atomic E-state index is 0.170. The molecule has 0 saturated carbocycles. The van der Waals surface area contributed by atoms with Crippen LogP contribution in [-0.2, 0) is 6.54 Å². The number of nitrogens with zero attached hydrogens (tertiary/aromatic N) is 6. The summed E-state index contributed by atoms with van der Waals surface area (Å²) in [5.41, 5.74) is 3.56. The van der Waals surface area contributed by atoms with E-state index in [-0.39, 0.29) is 17.0 Å². The van der Waals surface area contributed by atoms with E-state index in [0.717, 1.165) is 22.6 Å². The molecule has 0 atom stereocenters. The number of carbonyl (C=O) groups is 1. The van der Waals surface area contributed by atoms with Crippen molar-refractivity contribution < 1.29 is 4.79 Å². The molecule has 8 nitrogen and oxygen atoms in total. The maximum atomic E-state index is 14.0. The normalized spacial score (nSPS) is 13.6. The van der Waals surface area contributed by atoms with E-state index in [0.29, 0.717) is 44.0 Å². The summed E-state index contributed by atoms with van der Waals surface area (Å²) in [5, 5.41) is 4.70. The van der Waals surface area contributed by atoms with Gasteiger partial charge in [-0.15, -0.1) is 0 Å². The number of anilines is 1. The molecule has 0 radical (unpaired) electrons. The molecule has 2 aromatic carbocycles. The Bertz CT molecular complexity index is 1430. The third-order valence-corrected chi connectivity index (χ3v) is 6.46. The number of aryl methyl sites for hydroxylation is 2. The van der Waals surface area contributed by atoms with E-state index >= 15 is 0 Å². The zero-order chi connectivity index (χ0) is 25.1. The Morgan fingerprint density at radius 2 is 1.53 bits per heavy atom. The number of piperazine rings is 1. The van der Waals surface area contributed by atoms with Crippen LogP contribution in [0.5, 0.6) is 0 Å². The van der Waals surface area contributed by atoms with Crippen molar-refractivity contribution in [3.05, 3.63) is 94.7 Å². The second kappa shape index (κ2) is 10.1. The van der Waals surface area contributed by atoms with Gasteiger partial charge in [-0.25, -0.2) is 14.6 Å². The van der Waals surface area contributed by atoms with Gasteiger partial charge >= 0.3 is 0 Å². The Morgan fingerprint density at radius 3 is 2.14 bits per heavy atom. The van der Waals surface area contributed by atoms with Gasteiger partial charge in [-0.2, -0.15) is 5.10 Å². The smallest absolute Gasteiger partial charge is 0.280 e. The second-order valence-electron chi connectivity index (χ2n) is 8.75. The summed E-state index contributed by atoms with van der Waals surface area (Å²) < 4.78 is 1.39. The molecule has 0 aliphatic carbocycles. The van der Waals surface area contributed by atoms with Crippen molar-refractivity contribution >= 4 is 11.7 Å². The van der Waals surface area contributed by atoms with Crippen LogP contribution in [0, 0.1) is 6.92 Å². The van der Waals surface area contributed by atoms with Crippen LogP contribution in [0.25, 0.3) is 22.4 Å². The number of hydrogen-bond acceptors (Lipinski definition) is 6.